The molecule has 0 fully saturated rings. The van der Waals surface area contributed by atoms with Crippen molar-refractivity contribution in [1.82, 2.24) is 9.29 Å². The van der Waals surface area contributed by atoms with E-state index in [1.165, 1.54) is 48.0 Å². The molecular weight excluding hydrogens is 330 g/mol. The highest BCUT2D eigenvalue weighted by atomic mass is 32.2. The third-order valence-electron chi connectivity index (χ3n) is 2.56. The van der Waals surface area contributed by atoms with Crippen LogP contribution in [0.25, 0.3) is 0 Å². The van der Waals surface area contributed by atoms with Crippen molar-refractivity contribution in [3.63, 3.8) is 0 Å². The first-order valence-corrected chi connectivity index (χ1v) is 9.10. The molecule has 2 rings (SSSR count). The summed E-state index contributed by atoms with van der Waals surface area (Å²) < 4.78 is 25.5. The molecule has 21 heavy (non-hydrogen) atoms. The minimum atomic E-state index is -3.38. The Morgan fingerprint density at radius 2 is 2.00 bits per heavy atom. The van der Waals surface area contributed by atoms with Crippen molar-refractivity contribution < 1.29 is 13.2 Å². The summed E-state index contributed by atoms with van der Waals surface area (Å²) in [7, 11) is -0.353. The van der Waals surface area contributed by atoms with Crippen LogP contribution in [0, 0.1) is 0 Å². The number of carbonyl (C=O) groups excluding carboxylic acids is 1. The van der Waals surface area contributed by atoms with Crippen LogP contribution in [0.15, 0.2) is 22.5 Å². The molecule has 0 saturated carbocycles. The average Bonchev–Trinajstić information content (AvgIpc) is 2.99. The molecule has 1 amide bonds. The fourth-order valence-corrected chi connectivity index (χ4v) is 5.06. The Hall–Kier alpha value is -1.29. The van der Waals surface area contributed by atoms with Crippen molar-refractivity contribution >= 4 is 43.7 Å². The number of nitrogens with one attached hydrogen (secondary N) is 1. The zero-order chi connectivity index (χ0) is 15.6. The van der Waals surface area contributed by atoms with Crippen LogP contribution in [0.1, 0.15) is 16.7 Å². The molecule has 6 nitrogen and oxygen atoms in total. The Morgan fingerprint density at radius 3 is 2.62 bits per heavy atom. The van der Waals surface area contributed by atoms with Crippen molar-refractivity contribution in [2.75, 3.05) is 19.4 Å². The number of hydrogen-bond acceptors (Lipinski definition) is 6. The van der Waals surface area contributed by atoms with Gasteiger partial charge in [-0.05, 0) is 12.1 Å². The number of thiophene rings is 1. The first kappa shape index (κ1) is 16.1. The Labute approximate surface area is 131 Å². The molecule has 0 aliphatic rings. The van der Waals surface area contributed by atoms with Crippen molar-refractivity contribution in [1.29, 1.82) is 0 Å². The summed E-state index contributed by atoms with van der Waals surface area (Å²) in [5.74, 6) is -0.161. The molecule has 2 heterocycles. The quantitative estimate of drug-likeness (QED) is 0.899. The van der Waals surface area contributed by atoms with Crippen LogP contribution in [-0.4, -0.2) is 37.7 Å². The lowest BCUT2D eigenvalue weighted by Gasteiger charge is -2.08. The van der Waals surface area contributed by atoms with Gasteiger partial charge in [-0.25, -0.2) is 17.7 Å². The van der Waals surface area contributed by atoms with Crippen LogP contribution >= 0.6 is 22.7 Å². The molecular formula is C12H15N3O3S3. The fourth-order valence-electron chi connectivity index (χ4n) is 1.54. The van der Waals surface area contributed by atoms with Gasteiger partial charge in [0.2, 0.25) is 5.91 Å². The first-order valence-electron chi connectivity index (χ1n) is 6.02. The number of rotatable bonds is 5. The number of sulfonamides is 1. The van der Waals surface area contributed by atoms with Gasteiger partial charge in [-0.2, -0.15) is 0 Å². The van der Waals surface area contributed by atoms with Crippen LogP contribution < -0.4 is 5.32 Å². The van der Waals surface area contributed by atoms with Gasteiger partial charge < -0.3 is 5.32 Å². The van der Waals surface area contributed by atoms with Gasteiger partial charge >= 0.3 is 0 Å². The number of hydrogen-bond donors (Lipinski definition) is 1. The molecule has 0 unspecified atom stereocenters. The molecule has 2 aromatic heterocycles. The number of amides is 1. The third kappa shape index (κ3) is 3.88. The second kappa shape index (κ2) is 6.22. The molecule has 0 aromatic carbocycles. The summed E-state index contributed by atoms with van der Waals surface area (Å²) in [5.41, 5.74) is 0. The van der Waals surface area contributed by atoms with E-state index in [0.29, 0.717) is 15.8 Å². The highest BCUT2D eigenvalue weighted by Crippen LogP contribution is 2.28. The van der Waals surface area contributed by atoms with E-state index in [4.69, 9.17) is 0 Å². The minimum Gasteiger partial charge on any atom is -0.302 e. The van der Waals surface area contributed by atoms with Gasteiger partial charge in [0, 0.05) is 43.4 Å². The van der Waals surface area contributed by atoms with Crippen LogP contribution in [0.3, 0.4) is 0 Å². The van der Waals surface area contributed by atoms with E-state index < -0.39 is 10.0 Å². The van der Waals surface area contributed by atoms with Gasteiger partial charge in [-0.1, -0.05) is 0 Å². The molecule has 0 atom stereocenters. The second-order valence-corrected chi connectivity index (χ2v) is 9.16. The molecule has 0 aliphatic carbocycles. The Kier molecular flexibility index (Phi) is 4.77. The molecule has 0 saturated heterocycles. The lowest BCUT2D eigenvalue weighted by Crippen LogP contribution is -2.21. The average molecular weight is 345 g/mol. The summed E-state index contributed by atoms with van der Waals surface area (Å²) >= 11 is 2.63. The predicted octanol–water partition coefficient (Wildman–Crippen LogP) is 2.00. The molecule has 0 aliphatic heterocycles. The minimum absolute atomic E-state index is 0.161. The monoisotopic (exact) mass is 345 g/mol. The van der Waals surface area contributed by atoms with Crippen molar-refractivity contribution in [3.8, 4) is 0 Å². The molecule has 9 heteroatoms. The number of thiazole rings is 1. The Morgan fingerprint density at radius 1 is 1.29 bits per heavy atom. The van der Waals surface area contributed by atoms with Gasteiger partial charge in [-0.3, -0.25) is 4.79 Å². The maximum atomic E-state index is 12.0. The summed E-state index contributed by atoms with van der Waals surface area (Å²) in [4.78, 5) is 17.0. The SMILES string of the molecule is CC(=O)Nc1ncc(Cc2ccc(S(=O)(=O)N(C)C)s2)s1. The first-order chi connectivity index (χ1) is 9.79. The molecule has 0 spiro atoms. The number of aromatic nitrogens is 1. The second-order valence-electron chi connectivity index (χ2n) is 4.50. The van der Waals surface area contributed by atoms with Crippen molar-refractivity contribution in [3.05, 3.63) is 28.1 Å². The largest absolute Gasteiger partial charge is 0.302 e. The summed E-state index contributed by atoms with van der Waals surface area (Å²) in [6.45, 7) is 1.43. The zero-order valence-electron chi connectivity index (χ0n) is 11.8. The van der Waals surface area contributed by atoms with E-state index in [2.05, 4.69) is 10.3 Å². The molecule has 0 bridgehead atoms. The Bertz CT molecular complexity index is 747. The van der Waals surface area contributed by atoms with E-state index in [9.17, 15) is 13.2 Å². The molecule has 0 radical (unpaired) electrons. The lowest BCUT2D eigenvalue weighted by atomic mass is 10.3. The van der Waals surface area contributed by atoms with E-state index in [1.54, 1.807) is 18.3 Å². The smallest absolute Gasteiger partial charge is 0.252 e. The summed E-state index contributed by atoms with van der Waals surface area (Å²) in [6, 6.07) is 3.42. The lowest BCUT2D eigenvalue weighted by molar-refractivity contribution is -0.114. The number of carbonyl (C=O) groups is 1. The predicted molar refractivity (Wildman–Crippen MR) is 84.4 cm³/mol. The number of nitrogens with zero attached hydrogens (tertiary/aromatic N) is 2. The molecule has 1 N–H and O–H groups in total. The highest BCUT2D eigenvalue weighted by Gasteiger charge is 2.19. The van der Waals surface area contributed by atoms with Gasteiger partial charge in [0.1, 0.15) is 4.21 Å². The van der Waals surface area contributed by atoms with Gasteiger partial charge in [0.15, 0.2) is 5.13 Å². The standard InChI is InChI=1S/C12H15N3O3S3/c1-8(16)14-12-13-7-10(20-12)6-9-4-5-11(19-9)21(17,18)15(2)3/h4-5,7H,6H2,1-3H3,(H,13,14,16). The van der Waals surface area contributed by atoms with E-state index in [0.717, 1.165) is 9.75 Å². The van der Waals surface area contributed by atoms with E-state index in [1.807, 2.05) is 0 Å². The fraction of sp³-hybridized carbons (Fsp3) is 0.333. The van der Waals surface area contributed by atoms with Gasteiger partial charge in [-0.15, -0.1) is 22.7 Å². The molecule has 2 aromatic rings. The van der Waals surface area contributed by atoms with Crippen molar-refractivity contribution in [2.24, 2.45) is 0 Å². The van der Waals surface area contributed by atoms with E-state index in [-0.39, 0.29) is 5.91 Å². The van der Waals surface area contributed by atoms with Crippen LogP contribution in [0.5, 0.6) is 0 Å². The molecule has 114 valence electrons. The third-order valence-corrected chi connectivity index (χ3v) is 6.84. The van der Waals surface area contributed by atoms with Gasteiger partial charge in [0.05, 0.1) is 0 Å². The van der Waals surface area contributed by atoms with E-state index >= 15 is 0 Å². The van der Waals surface area contributed by atoms with Crippen LogP contribution in [0.2, 0.25) is 0 Å². The van der Waals surface area contributed by atoms with Crippen molar-refractivity contribution in [2.45, 2.75) is 17.6 Å². The summed E-state index contributed by atoms with van der Waals surface area (Å²) in [5, 5.41) is 3.18. The maximum Gasteiger partial charge on any atom is 0.252 e. The van der Waals surface area contributed by atoms with Gasteiger partial charge in [0.25, 0.3) is 10.0 Å². The maximum absolute atomic E-state index is 12.0. The highest BCUT2D eigenvalue weighted by molar-refractivity contribution is 7.91. The normalized spacial score (nSPS) is 11.8. The summed E-state index contributed by atoms with van der Waals surface area (Å²) in [6.07, 6.45) is 2.29. The topological polar surface area (TPSA) is 79.4 Å². The Balaban J connectivity index is 2.13. The van der Waals surface area contributed by atoms with Crippen LogP contribution in [0.4, 0.5) is 5.13 Å². The van der Waals surface area contributed by atoms with Crippen LogP contribution in [-0.2, 0) is 21.2 Å². The zero-order valence-corrected chi connectivity index (χ0v) is 14.2. The number of anilines is 1.